The molecule has 4 aliphatic rings. The first-order chi connectivity index (χ1) is 26.0. The maximum absolute atomic E-state index is 7.23. The first-order valence-electron chi connectivity index (χ1n) is 21.7. The molecule has 7 nitrogen and oxygen atoms in total. The molecule has 0 aromatic heterocycles. The van der Waals surface area contributed by atoms with Crippen molar-refractivity contribution in [2.75, 3.05) is 52.4 Å². The Balaban J connectivity index is -0.000000285. The fraction of sp³-hybridized carbons (Fsp3) is 0.930. The van der Waals surface area contributed by atoms with Gasteiger partial charge >= 0.3 is 27.9 Å². The minimum absolute atomic E-state index is 0. The molecule has 316 valence electrons. The molecule has 4 fully saturated rings. The average Bonchev–Trinajstić information content (AvgIpc) is 3.19. The van der Waals surface area contributed by atoms with E-state index in [1.165, 1.54) is 160 Å². The van der Waals surface area contributed by atoms with Gasteiger partial charge < -0.3 is 21.3 Å². The van der Waals surface area contributed by atoms with Crippen LogP contribution in [0.15, 0.2) is 0 Å². The Morgan fingerprint density at radius 2 is 0.574 bits per heavy atom. The maximum Gasteiger partial charge on any atom is 3.00 e. The summed E-state index contributed by atoms with van der Waals surface area (Å²) in [5, 5.41) is 43.6. The van der Waals surface area contributed by atoms with Crippen LogP contribution in [0.25, 0.3) is 21.3 Å². The first kappa shape index (κ1) is 60.6. The summed E-state index contributed by atoms with van der Waals surface area (Å²) in [5.74, 6) is 4.05. The van der Waals surface area contributed by atoms with E-state index in [9.17, 15) is 0 Å². The number of hydrogen-bond acceptors (Lipinski definition) is 4. The molecule has 0 unspecified atom stereocenters. The Morgan fingerprint density at radius 1 is 0.426 bits per heavy atom. The summed E-state index contributed by atoms with van der Waals surface area (Å²) >= 11 is 8.07. The van der Waals surface area contributed by atoms with Gasteiger partial charge in [0.2, 0.25) is 0 Å². The fourth-order valence-corrected chi connectivity index (χ4v) is 7.10. The Labute approximate surface area is 364 Å². The third kappa shape index (κ3) is 49.9. The van der Waals surface area contributed by atoms with Gasteiger partial charge in [0.25, 0.3) is 0 Å². The zero-order valence-electron chi connectivity index (χ0n) is 35.4. The molecule has 0 amide bonds. The van der Waals surface area contributed by atoms with E-state index in [0.717, 1.165) is 76.0 Å². The molecule has 0 aromatic rings. The van der Waals surface area contributed by atoms with Crippen molar-refractivity contribution >= 4 is 37.9 Å². The molecule has 0 saturated carbocycles. The van der Waals surface area contributed by atoms with Gasteiger partial charge in [0.1, 0.15) is 5.40 Å². The van der Waals surface area contributed by atoms with Crippen LogP contribution in [0.5, 0.6) is 0 Å². The number of piperidine rings is 4. The number of thiocyanates is 3. The van der Waals surface area contributed by atoms with Gasteiger partial charge in [-0.3, -0.25) is 0 Å². The maximum atomic E-state index is 7.23. The predicted octanol–water partition coefficient (Wildman–Crippen LogP) is 12.8. The van der Waals surface area contributed by atoms with E-state index in [1.54, 1.807) is 10.8 Å². The molecular formula is C43H85MnN7S3+. The Bertz CT molecular complexity index is 674. The second-order valence-corrected chi connectivity index (χ2v) is 15.4. The largest absolute Gasteiger partial charge is 3.00 e. The van der Waals surface area contributed by atoms with Crippen LogP contribution in [-0.2, 0) is 42.3 Å². The normalized spacial score (nSPS) is 17.1. The quantitative estimate of drug-likeness (QED) is 0.0546. The summed E-state index contributed by atoms with van der Waals surface area (Å²) in [6.45, 7) is 18.2. The first-order valence-corrected chi connectivity index (χ1v) is 23.1. The van der Waals surface area contributed by atoms with E-state index in [4.69, 9.17) is 15.8 Å². The molecule has 0 aliphatic carbocycles. The minimum Gasteiger partial charge on any atom is -0.662 e. The van der Waals surface area contributed by atoms with Gasteiger partial charge in [-0.15, -0.1) is 62.9 Å². The van der Waals surface area contributed by atoms with Crippen molar-refractivity contribution in [1.29, 1.82) is 15.8 Å². The average molecular weight is 851 g/mol. The van der Waals surface area contributed by atoms with Crippen molar-refractivity contribution in [3.8, 4) is 16.2 Å². The van der Waals surface area contributed by atoms with Crippen LogP contribution in [0.1, 0.15) is 182 Å². The van der Waals surface area contributed by atoms with E-state index < -0.39 is 0 Å². The fourth-order valence-electron chi connectivity index (χ4n) is 7.10. The molecule has 0 aromatic carbocycles. The number of unbranched alkanes of at least 4 members (excludes halogenated alkanes) is 8. The molecule has 0 bridgehead atoms. The standard InChI is InChI=1S/4C10H20N.3CHNS.Mn/c4*1-2-3-4-5-10-6-8-11-9-7-10;3*2-1-3;/h4*10H,2-9H2,1H3;3*3H;/q4*-1;;;;+3/p+2. The second kappa shape index (κ2) is 55.0. The molecule has 0 radical (unpaired) electrons. The van der Waals surface area contributed by atoms with Gasteiger partial charge in [-0.05, 0) is 23.7 Å². The minimum atomic E-state index is 0. The van der Waals surface area contributed by atoms with Gasteiger partial charge in [-0.2, -0.15) is 5.26 Å². The molecule has 4 aliphatic heterocycles. The van der Waals surface area contributed by atoms with E-state index in [2.05, 4.69) is 86.8 Å². The number of rotatable bonds is 16. The van der Waals surface area contributed by atoms with Gasteiger partial charge in [0.15, 0.2) is 0 Å². The monoisotopic (exact) mass is 851 g/mol. The van der Waals surface area contributed by atoms with Crippen molar-refractivity contribution in [2.45, 2.75) is 182 Å². The van der Waals surface area contributed by atoms with E-state index >= 15 is 0 Å². The van der Waals surface area contributed by atoms with Crippen LogP contribution in [0.3, 0.4) is 0 Å². The topological polar surface area (TPSA) is 128 Å². The Morgan fingerprint density at radius 3 is 0.704 bits per heavy atom. The van der Waals surface area contributed by atoms with Gasteiger partial charge in [-0.25, -0.2) is 0 Å². The van der Waals surface area contributed by atoms with Crippen molar-refractivity contribution in [1.82, 2.24) is 0 Å². The molecule has 4 rings (SSSR count). The molecule has 4 heterocycles. The van der Waals surface area contributed by atoms with E-state index in [0.29, 0.717) is 0 Å². The summed E-state index contributed by atoms with van der Waals surface area (Å²) in [6.07, 6.45) is 33.7. The Kier molecular flexibility index (Phi) is 61.7. The van der Waals surface area contributed by atoms with Crippen LogP contribution < -0.4 is 0 Å². The molecule has 0 atom stereocenters. The third-order valence-corrected chi connectivity index (χ3v) is 10.4. The molecule has 4 saturated heterocycles. The van der Waals surface area contributed by atoms with Crippen LogP contribution in [-0.4, -0.2) is 52.4 Å². The summed E-state index contributed by atoms with van der Waals surface area (Å²) < 4.78 is 0. The molecule has 11 heteroatoms. The smallest absolute Gasteiger partial charge is 0.662 e. The van der Waals surface area contributed by atoms with Gasteiger partial charge in [0.05, 0.1) is 25.3 Å². The van der Waals surface area contributed by atoms with Gasteiger partial charge in [-0.1, -0.05) is 194 Å². The summed E-state index contributed by atoms with van der Waals surface area (Å²) in [7, 11) is 0. The van der Waals surface area contributed by atoms with E-state index in [-0.39, 0.29) is 17.1 Å². The van der Waals surface area contributed by atoms with Gasteiger partial charge in [0, 0.05) is 0 Å². The molecular weight excluding hydrogens is 766 g/mol. The summed E-state index contributed by atoms with van der Waals surface area (Å²) in [5.41, 5.74) is 0. The molecule has 0 spiro atoms. The SMILES string of the molecule is CCCCCC1CC[N-]CC1.CCCCCC1CC[N-]CC1.CCCCCC1CC[N-]CC1.CCCCCC1CC[N-]CC1.N#CS.N#C[SH2+].N#C[SH2+].[Mn+3]. The van der Waals surface area contributed by atoms with Crippen molar-refractivity contribution in [3.05, 3.63) is 21.3 Å². The summed E-state index contributed by atoms with van der Waals surface area (Å²) in [4.78, 5) is 0. The van der Waals surface area contributed by atoms with Crippen LogP contribution in [0.4, 0.5) is 0 Å². The van der Waals surface area contributed by atoms with Crippen molar-refractivity contribution in [3.63, 3.8) is 0 Å². The summed E-state index contributed by atoms with van der Waals surface area (Å²) in [6, 6.07) is 0. The van der Waals surface area contributed by atoms with Crippen molar-refractivity contribution < 1.29 is 17.1 Å². The zero-order valence-corrected chi connectivity index (χ0v) is 39.5. The van der Waals surface area contributed by atoms with Crippen LogP contribution in [0.2, 0.25) is 0 Å². The predicted molar refractivity (Wildman–Crippen MR) is 246 cm³/mol. The number of thiol groups is 1. The van der Waals surface area contributed by atoms with Crippen molar-refractivity contribution in [2.24, 2.45) is 23.7 Å². The number of nitrogens with zero attached hydrogens (tertiary/aromatic N) is 7. The Hall–Kier alpha value is -0.121. The van der Waals surface area contributed by atoms with Crippen LogP contribution >= 0.6 is 12.6 Å². The zero-order chi connectivity index (χ0) is 39.9. The van der Waals surface area contributed by atoms with E-state index in [1.807, 2.05) is 0 Å². The van der Waals surface area contributed by atoms with Crippen LogP contribution in [0, 0.1) is 55.7 Å². The molecule has 0 N–H and O–H groups in total. The number of nitriles is 3. The number of hydrogen-bond donors (Lipinski definition) is 1. The third-order valence-electron chi connectivity index (χ3n) is 10.4. The molecule has 54 heavy (non-hydrogen) atoms. The second-order valence-electron chi connectivity index (χ2n) is 14.8.